The molecule has 3 aliphatic rings. The topological polar surface area (TPSA) is 104 Å². The normalized spacial score (nSPS) is 13.6. The Balaban J connectivity index is 1.54. The Kier molecular flexibility index (Phi) is 5.61. The highest BCUT2D eigenvalue weighted by Gasteiger charge is 2.23. The van der Waals surface area contributed by atoms with E-state index < -0.39 is 5.60 Å². The van der Waals surface area contributed by atoms with E-state index in [-0.39, 0.29) is 5.91 Å². The number of fused-ring (bicyclic) bond motifs is 3. The van der Waals surface area contributed by atoms with Crippen molar-refractivity contribution in [3.63, 3.8) is 0 Å². The first kappa shape index (κ1) is 22.7. The van der Waals surface area contributed by atoms with Gasteiger partial charge < -0.3 is 20.3 Å². The molecule has 3 aliphatic heterocycles. The number of hydrogen-bond acceptors (Lipinski definition) is 6. The summed E-state index contributed by atoms with van der Waals surface area (Å²) in [5.41, 5.74) is 5.36. The van der Waals surface area contributed by atoms with Crippen LogP contribution in [0, 0.1) is 6.92 Å². The summed E-state index contributed by atoms with van der Waals surface area (Å²) in [6.07, 6.45) is 1.80. The zero-order chi connectivity index (χ0) is 24.7. The molecule has 0 fully saturated rings. The standard InChI is InChI=1S/C27H28N6O2/c1-16-8-9-20(31-25(34)17-6-5-7-19(12-17)27(2,3)35)14-21(16)22-13-18-15-30-26(28-4)32-23(18)33-11-10-29-24(22)33/h5-9,12-15,29,35H,10-11H2,1-4H3,(H,31,34). The van der Waals surface area contributed by atoms with Gasteiger partial charge in [0.2, 0.25) is 5.62 Å². The Labute approximate surface area is 203 Å². The summed E-state index contributed by atoms with van der Waals surface area (Å²) in [6.45, 7) is 7.06. The summed E-state index contributed by atoms with van der Waals surface area (Å²) in [5, 5.41) is 16.8. The first-order valence-electron chi connectivity index (χ1n) is 11.6. The molecule has 5 rings (SSSR count). The summed E-state index contributed by atoms with van der Waals surface area (Å²) in [4.78, 5) is 26.1. The molecule has 3 N–H and O–H groups in total. The predicted molar refractivity (Wildman–Crippen MR) is 136 cm³/mol. The van der Waals surface area contributed by atoms with Gasteiger partial charge in [0, 0.05) is 48.7 Å². The number of nitrogens with one attached hydrogen (secondary N) is 2. The van der Waals surface area contributed by atoms with Gasteiger partial charge in [-0.2, -0.15) is 4.98 Å². The fraction of sp³-hybridized carbons (Fsp3) is 0.259. The third-order valence-electron chi connectivity index (χ3n) is 6.31. The smallest absolute Gasteiger partial charge is 0.255 e. The molecular weight excluding hydrogens is 440 g/mol. The molecule has 8 heteroatoms. The first-order valence-corrected chi connectivity index (χ1v) is 11.6. The molecule has 0 saturated carbocycles. The summed E-state index contributed by atoms with van der Waals surface area (Å²) in [5.74, 6) is 1.60. The number of nitrogens with zero attached hydrogens (tertiary/aromatic N) is 4. The van der Waals surface area contributed by atoms with Crippen LogP contribution in [0.25, 0.3) is 22.5 Å². The largest absolute Gasteiger partial charge is 0.386 e. The SMILES string of the molecule is CN=c1ncc2cc(-c3cc(NC(=O)c4cccc(C(C)(C)O)c4)ccc3C)c3n(c-2n1)CCN3. The molecule has 0 bridgehead atoms. The number of carbonyl (C=O) groups excluding carboxylic acids is 1. The van der Waals surface area contributed by atoms with E-state index in [0.29, 0.717) is 22.4 Å². The van der Waals surface area contributed by atoms with E-state index in [1.165, 1.54) is 0 Å². The number of aromatic nitrogens is 3. The van der Waals surface area contributed by atoms with E-state index in [1.54, 1.807) is 45.3 Å². The zero-order valence-corrected chi connectivity index (χ0v) is 20.3. The van der Waals surface area contributed by atoms with Crippen LogP contribution in [0.3, 0.4) is 0 Å². The number of benzene rings is 2. The highest BCUT2D eigenvalue weighted by Crippen LogP contribution is 2.38. The Morgan fingerprint density at radius 2 is 2.00 bits per heavy atom. The summed E-state index contributed by atoms with van der Waals surface area (Å²) in [6, 6.07) is 15.0. The molecule has 0 aliphatic carbocycles. The second-order valence-electron chi connectivity index (χ2n) is 9.28. The van der Waals surface area contributed by atoms with E-state index >= 15 is 0 Å². The molecule has 35 heavy (non-hydrogen) atoms. The van der Waals surface area contributed by atoms with Gasteiger partial charge in [0.1, 0.15) is 11.6 Å². The minimum Gasteiger partial charge on any atom is -0.386 e. The molecule has 0 saturated heterocycles. The van der Waals surface area contributed by atoms with Crippen molar-refractivity contribution in [2.75, 3.05) is 24.2 Å². The maximum Gasteiger partial charge on any atom is 0.255 e. The van der Waals surface area contributed by atoms with Crippen LogP contribution in [0.1, 0.15) is 35.3 Å². The number of hydrogen-bond donors (Lipinski definition) is 3. The number of rotatable bonds is 4. The van der Waals surface area contributed by atoms with Crippen molar-refractivity contribution < 1.29 is 9.90 Å². The van der Waals surface area contributed by atoms with Crippen molar-refractivity contribution in [2.24, 2.45) is 4.99 Å². The van der Waals surface area contributed by atoms with Crippen molar-refractivity contribution in [1.82, 2.24) is 14.5 Å². The quantitative estimate of drug-likeness (QED) is 0.423. The minimum absolute atomic E-state index is 0.230. The zero-order valence-electron chi connectivity index (χ0n) is 20.3. The molecule has 8 nitrogen and oxygen atoms in total. The van der Waals surface area contributed by atoms with Gasteiger partial charge in [-0.3, -0.25) is 9.79 Å². The van der Waals surface area contributed by atoms with Gasteiger partial charge >= 0.3 is 0 Å². The van der Waals surface area contributed by atoms with Crippen LogP contribution in [0.4, 0.5) is 11.5 Å². The third kappa shape index (κ3) is 4.28. The number of aliphatic hydroxyl groups is 1. The molecule has 3 heterocycles. The highest BCUT2D eigenvalue weighted by molar-refractivity contribution is 6.04. The van der Waals surface area contributed by atoms with Crippen LogP contribution in [0.5, 0.6) is 0 Å². The van der Waals surface area contributed by atoms with Crippen molar-refractivity contribution >= 4 is 17.4 Å². The van der Waals surface area contributed by atoms with Crippen LogP contribution < -0.4 is 16.3 Å². The molecule has 0 aromatic heterocycles. The van der Waals surface area contributed by atoms with E-state index in [1.807, 2.05) is 24.3 Å². The van der Waals surface area contributed by atoms with E-state index in [2.05, 4.69) is 43.2 Å². The van der Waals surface area contributed by atoms with Gasteiger partial charge in [-0.15, -0.1) is 0 Å². The fourth-order valence-corrected chi connectivity index (χ4v) is 4.41. The van der Waals surface area contributed by atoms with Crippen molar-refractivity contribution in [3.8, 4) is 22.5 Å². The van der Waals surface area contributed by atoms with Gasteiger partial charge in [0.15, 0.2) is 0 Å². The lowest BCUT2D eigenvalue weighted by atomic mass is 9.96. The maximum absolute atomic E-state index is 13.0. The number of aryl methyl sites for hydroxylation is 1. The molecule has 1 amide bonds. The van der Waals surface area contributed by atoms with E-state index in [4.69, 9.17) is 0 Å². The van der Waals surface area contributed by atoms with Crippen LogP contribution in [-0.2, 0) is 12.1 Å². The second-order valence-corrected chi connectivity index (χ2v) is 9.28. The van der Waals surface area contributed by atoms with Crippen molar-refractivity contribution in [1.29, 1.82) is 0 Å². The van der Waals surface area contributed by atoms with Crippen LogP contribution in [0.2, 0.25) is 0 Å². The molecule has 2 aromatic rings. The Bertz CT molecular complexity index is 1480. The third-order valence-corrected chi connectivity index (χ3v) is 6.31. The number of pyridine rings is 1. The van der Waals surface area contributed by atoms with Gasteiger partial charge in [0.25, 0.3) is 5.91 Å². The number of amides is 1. The Hall–Kier alpha value is -4.04. The lowest BCUT2D eigenvalue weighted by Crippen LogP contribution is -2.18. The maximum atomic E-state index is 13.0. The van der Waals surface area contributed by atoms with Crippen molar-refractivity contribution in [3.05, 3.63) is 77.0 Å². The average Bonchev–Trinajstić information content (AvgIpc) is 3.34. The fourth-order valence-electron chi connectivity index (χ4n) is 4.41. The predicted octanol–water partition coefficient (Wildman–Crippen LogP) is 3.79. The second kappa shape index (κ2) is 8.63. The van der Waals surface area contributed by atoms with Crippen LogP contribution in [-0.4, -0.2) is 39.1 Å². The molecular formula is C27H28N6O2. The number of anilines is 2. The lowest BCUT2D eigenvalue weighted by Gasteiger charge is -2.19. The molecule has 178 valence electrons. The Morgan fingerprint density at radius 3 is 2.77 bits per heavy atom. The first-order chi connectivity index (χ1) is 16.7. The summed E-state index contributed by atoms with van der Waals surface area (Å²) >= 11 is 0. The summed E-state index contributed by atoms with van der Waals surface area (Å²) < 4.78 is 2.16. The van der Waals surface area contributed by atoms with Crippen LogP contribution in [0.15, 0.2) is 59.7 Å². The van der Waals surface area contributed by atoms with Gasteiger partial charge in [0.05, 0.1) is 5.60 Å². The average molecular weight is 469 g/mol. The lowest BCUT2D eigenvalue weighted by molar-refractivity contribution is 0.0785. The van der Waals surface area contributed by atoms with Gasteiger partial charge in [-0.05, 0) is 67.8 Å². The molecule has 0 radical (unpaired) electrons. The van der Waals surface area contributed by atoms with E-state index in [0.717, 1.165) is 47.0 Å². The van der Waals surface area contributed by atoms with Crippen LogP contribution >= 0.6 is 0 Å². The van der Waals surface area contributed by atoms with Gasteiger partial charge in [-0.25, -0.2) is 4.98 Å². The molecule has 0 unspecified atom stereocenters. The molecule has 0 atom stereocenters. The molecule has 0 spiro atoms. The van der Waals surface area contributed by atoms with E-state index in [9.17, 15) is 9.90 Å². The number of carbonyl (C=O) groups is 1. The molecule has 2 aromatic carbocycles. The van der Waals surface area contributed by atoms with Crippen molar-refractivity contribution in [2.45, 2.75) is 32.9 Å². The monoisotopic (exact) mass is 468 g/mol. The highest BCUT2D eigenvalue weighted by atomic mass is 16.3. The summed E-state index contributed by atoms with van der Waals surface area (Å²) in [7, 11) is 1.68. The Morgan fingerprint density at radius 1 is 1.17 bits per heavy atom. The van der Waals surface area contributed by atoms with Gasteiger partial charge in [-0.1, -0.05) is 18.2 Å². The minimum atomic E-state index is -1.02.